The number of halogens is 1. The number of ether oxygens (including phenoxy) is 1. The van der Waals surface area contributed by atoms with Gasteiger partial charge in [0.15, 0.2) is 0 Å². The lowest BCUT2D eigenvalue weighted by Gasteiger charge is -2.09. The van der Waals surface area contributed by atoms with Gasteiger partial charge >= 0.3 is 0 Å². The molecular weight excluding hydrogens is 434 g/mol. The topological polar surface area (TPSA) is 130 Å². The number of H-pyrrole nitrogens is 1. The molecule has 3 N–H and O–H groups in total. The highest BCUT2D eigenvalue weighted by atomic mass is 35.5. The van der Waals surface area contributed by atoms with Crippen LogP contribution in [0.1, 0.15) is 25.4 Å². The molecule has 0 bridgehead atoms. The molecule has 1 amide bonds. The second-order valence-corrected chi connectivity index (χ2v) is 7.15. The number of allylic oxidation sites excluding steroid dienone is 4. The summed E-state index contributed by atoms with van der Waals surface area (Å²) in [4.78, 5) is 36.1. The normalized spacial score (nSPS) is 12.7. The van der Waals surface area contributed by atoms with Gasteiger partial charge in [-0.25, -0.2) is 4.98 Å². The number of oxime groups is 1. The molecule has 10 heteroatoms. The van der Waals surface area contributed by atoms with Gasteiger partial charge in [-0.2, -0.15) is 0 Å². The molecule has 1 heterocycles. The molecule has 0 atom stereocenters. The van der Waals surface area contributed by atoms with Crippen LogP contribution in [0.15, 0.2) is 45.9 Å². The van der Waals surface area contributed by atoms with Gasteiger partial charge in [0.2, 0.25) is 5.91 Å². The highest BCUT2D eigenvalue weighted by Crippen LogP contribution is 2.08. The molecule has 9 nitrogen and oxygen atoms in total. The van der Waals surface area contributed by atoms with Crippen molar-refractivity contribution in [3.8, 4) is 0 Å². The number of rotatable bonds is 14. The highest BCUT2D eigenvalue weighted by molar-refractivity contribution is 6.18. The van der Waals surface area contributed by atoms with Crippen LogP contribution in [-0.4, -0.2) is 61.1 Å². The van der Waals surface area contributed by atoms with Crippen molar-refractivity contribution in [3.05, 3.63) is 57.8 Å². The lowest BCUT2D eigenvalue weighted by Crippen LogP contribution is -2.29. The standard InChI is InChI=1S/C22H30ClN5O4/c1-16(2)22(30)25-15-17(5-4-9-23)6-7-20-27-19(13-21(29)28-20)18(14-24)8-10-26-32-12-11-31-3/h4-6,8,10,13-14,16,24H,7,9,11-12,15H2,1-3H3,(H,25,30)(H,27,28,29)/b5-4-,17-6+,18-8+,24-14?,26-10+. The van der Waals surface area contributed by atoms with Crippen molar-refractivity contribution < 1.29 is 14.4 Å². The number of alkyl halides is 1. The van der Waals surface area contributed by atoms with Gasteiger partial charge in [0.1, 0.15) is 12.4 Å². The Bertz CT molecular complexity index is 919. The van der Waals surface area contributed by atoms with Crippen LogP contribution in [0.2, 0.25) is 0 Å². The van der Waals surface area contributed by atoms with Crippen LogP contribution in [0.3, 0.4) is 0 Å². The number of hydrogen-bond acceptors (Lipinski definition) is 7. The fourth-order valence-electron chi connectivity index (χ4n) is 2.30. The number of nitrogens with one attached hydrogen (secondary N) is 3. The van der Waals surface area contributed by atoms with E-state index in [1.807, 2.05) is 26.0 Å². The molecule has 0 aliphatic rings. The van der Waals surface area contributed by atoms with Crippen molar-refractivity contribution >= 4 is 35.5 Å². The smallest absolute Gasteiger partial charge is 0.251 e. The van der Waals surface area contributed by atoms with Crippen LogP contribution < -0.4 is 10.9 Å². The second-order valence-electron chi connectivity index (χ2n) is 6.84. The molecule has 0 aliphatic carbocycles. The molecule has 1 aromatic rings. The van der Waals surface area contributed by atoms with E-state index in [0.29, 0.717) is 49.2 Å². The van der Waals surface area contributed by atoms with Crippen LogP contribution in [0, 0.1) is 11.3 Å². The minimum atomic E-state index is -0.342. The number of hydrogen-bond donors (Lipinski definition) is 3. The van der Waals surface area contributed by atoms with Crippen LogP contribution in [0.5, 0.6) is 0 Å². The fraction of sp³-hybridized carbons (Fsp3) is 0.409. The average molecular weight is 464 g/mol. The Kier molecular flexibility index (Phi) is 13.3. The lowest BCUT2D eigenvalue weighted by atomic mass is 10.1. The lowest BCUT2D eigenvalue weighted by molar-refractivity contribution is -0.123. The monoisotopic (exact) mass is 463 g/mol. The third-order valence-corrected chi connectivity index (χ3v) is 4.16. The van der Waals surface area contributed by atoms with Gasteiger partial charge in [-0.15, -0.1) is 11.6 Å². The zero-order valence-electron chi connectivity index (χ0n) is 18.6. The van der Waals surface area contributed by atoms with E-state index in [-0.39, 0.29) is 17.4 Å². The minimum absolute atomic E-state index is 0.0580. The summed E-state index contributed by atoms with van der Waals surface area (Å²) in [6.45, 7) is 4.68. The Morgan fingerprint density at radius 1 is 1.41 bits per heavy atom. The first-order valence-corrected chi connectivity index (χ1v) is 10.6. The molecule has 0 aromatic carbocycles. The Labute approximate surface area is 192 Å². The molecule has 174 valence electrons. The molecule has 1 aromatic heterocycles. The zero-order valence-corrected chi connectivity index (χ0v) is 19.3. The van der Waals surface area contributed by atoms with Crippen LogP contribution in [0.4, 0.5) is 0 Å². The molecular formula is C22H30ClN5O4. The molecule has 0 radical (unpaired) electrons. The first-order chi connectivity index (χ1) is 15.4. The van der Waals surface area contributed by atoms with E-state index in [4.69, 9.17) is 26.6 Å². The highest BCUT2D eigenvalue weighted by Gasteiger charge is 2.07. The molecule has 1 rings (SSSR count). The third kappa shape index (κ3) is 10.8. The molecule has 0 saturated heterocycles. The molecule has 0 aliphatic heterocycles. The predicted octanol–water partition coefficient (Wildman–Crippen LogP) is 2.49. The van der Waals surface area contributed by atoms with Crippen molar-refractivity contribution in [1.29, 1.82) is 5.41 Å². The summed E-state index contributed by atoms with van der Waals surface area (Å²) >= 11 is 5.73. The SMILES string of the molecule is COCCO/N=C/C=C(\C=N)c1cc(=O)[nH]c(C/C=C(\C=C/CCl)CNC(=O)C(C)C)n1. The van der Waals surface area contributed by atoms with Gasteiger partial charge in [-0.05, 0) is 11.6 Å². The summed E-state index contributed by atoms with van der Waals surface area (Å²) in [6, 6.07) is 1.31. The number of amides is 1. The maximum Gasteiger partial charge on any atom is 0.251 e. The number of carbonyl (C=O) groups excluding carboxylic acids is 1. The molecule has 0 fully saturated rings. The molecule has 32 heavy (non-hydrogen) atoms. The van der Waals surface area contributed by atoms with E-state index in [2.05, 4.69) is 20.4 Å². The van der Waals surface area contributed by atoms with Gasteiger partial charge in [-0.1, -0.05) is 37.2 Å². The Morgan fingerprint density at radius 2 is 2.19 bits per heavy atom. The summed E-state index contributed by atoms with van der Waals surface area (Å²) in [5, 5.41) is 14.2. The van der Waals surface area contributed by atoms with E-state index in [1.165, 1.54) is 18.4 Å². The van der Waals surface area contributed by atoms with E-state index in [0.717, 1.165) is 11.8 Å². The van der Waals surface area contributed by atoms with Gasteiger partial charge in [0.05, 0.1) is 18.5 Å². The number of aromatic amines is 1. The van der Waals surface area contributed by atoms with Gasteiger partial charge in [0.25, 0.3) is 5.56 Å². The predicted molar refractivity (Wildman–Crippen MR) is 127 cm³/mol. The van der Waals surface area contributed by atoms with E-state index in [9.17, 15) is 9.59 Å². The maximum absolute atomic E-state index is 12.1. The molecule has 0 saturated carbocycles. The van der Waals surface area contributed by atoms with E-state index in [1.54, 1.807) is 13.2 Å². The van der Waals surface area contributed by atoms with Crippen LogP contribution in [0.25, 0.3) is 5.57 Å². The second kappa shape index (κ2) is 15.7. The number of methoxy groups -OCH3 is 1. The first kappa shape index (κ1) is 27.0. The summed E-state index contributed by atoms with van der Waals surface area (Å²) in [7, 11) is 1.56. The quantitative estimate of drug-likeness (QED) is 0.128. The Hall–Kier alpha value is -3.04. The molecule has 0 spiro atoms. The zero-order chi connectivity index (χ0) is 23.8. The van der Waals surface area contributed by atoms with Gasteiger partial charge < -0.3 is 25.3 Å². The van der Waals surface area contributed by atoms with Gasteiger partial charge in [-0.3, -0.25) is 9.59 Å². The first-order valence-electron chi connectivity index (χ1n) is 10.1. The maximum atomic E-state index is 12.1. The van der Waals surface area contributed by atoms with E-state index >= 15 is 0 Å². The summed E-state index contributed by atoms with van der Waals surface area (Å²) < 4.78 is 4.85. The van der Waals surface area contributed by atoms with Crippen LogP contribution in [-0.2, 0) is 20.8 Å². The van der Waals surface area contributed by atoms with E-state index < -0.39 is 0 Å². The largest absolute Gasteiger partial charge is 0.393 e. The van der Waals surface area contributed by atoms with Crippen molar-refractivity contribution in [2.75, 3.05) is 32.7 Å². The van der Waals surface area contributed by atoms with Crippen molar-refractivity contribution in [2.45, 2.75) is 20.3 Å². The Balaban J connectivity index is 3.00. The Morgan fingerprint density at radius 3 is 2.84 bits per heavy atom. The number of aromatic nitrogens is 2. The fourth-order valence-corrected chi connectivity index (χ4v) is 2.39. The average Bonchev–Trinajstić information content (AvgIpc) is 2.77. The van der Waals surface area contributed by atoms with Crippen molar-refractivity contribution in [2.24, 2.45) is 11.1 Å². The number of nitrogens with zero attached hydrogens (tertiary/aromatic N) is 2. The van der Waals surface area contributed by atoms with Gasteiger partial charge in [0, 0.05) is 49.7 Å². The third-order valence-electron chi connectivity index (χ3n) is 3.98. The minimum Gasteiger partial charge on any atom is -0.393 e. The summed E-state index contributed by atoms with van der Waals surface area (Å²) in [6.07, 6.45) is 9.75. The summed E-state index contributed by atoms with van der Waals surface area (Å²) in [5.41, 5.74) is 1.22. The van der Waals surface area contributed by atoms with Crippen LogP contribution >= 0.6 is 11.6 Å². The van der Waals surface area contributed by atoms with Crippen molar-refractivity contribution in [3.63, 3.8) is 0 Å². The summed E-state index contributed by atoms with van der Waals surface area (Å²) in [5.74, 6) is 0.575. The number of carbonyl (C=O) groups is 1. The van der Waals surface area contributed by atoms with Crippen molar-refractivity contribution in [1.82, 2.24) is 15.3 Å². The molecule has 0 unspecified atom stereocenters.